The van der Waals surface area contributed by atoms with Gasteiger partial charge in [0.2, 0.25) is 0 Å². The molecule has 0 aromatic carbocycles. The Morgan fingerprint density at radius 2 is 1.32 bits per heavy atom. The molecular weight excluding hydrogens is 279 g/mol. The number of esters is 1. The Kier molecular flexibility index (Phi) is 16.3. The van der Waals surface area contributed by atoms with Crippen molar-refractivity contribution < 1.29 is 13.9 Å². The SMILES string of the molecule is CCCCCCCCC(CCCCCC)C(=O)OCCCF. The van der Waals surface area contributed by atoms with E-state index in [4.69, 9.17) is 4.74 Å². The zero-order valence-corrected chi connectivity index (χ0v) is 14.9. The molecule has 0 saturated heterocycles. The summed E-state index contributed by atoms with van der Waals surface area (Å²) in [4.78, 5) is 12.1. The zero-order valence-electron chi connectivity index (χ0n) is 14.9. The van der Waals surface area contributed by atoms with Gasteiger partial charge in [-0.1, -0.05) is 78.1 Å². The summed E-state index contributed by atoms with van der Waals surface area (Å²) in [5.41, 5.74) is 0. The van der Waals surface area contributed by atoms with Crippen LogP contribution in [0.25, 0.3) is 0 Å². The summed E-state index contributed by atoms with van der Waals surface area (Å²) in [6.07, 6.45) is 14.4. The minimum atomic E-state index is -0.411. The summed E-state index contributed by atoms with van der Waals surface area (Å²) in [5, 5.41) is 0. The molecule has 0 aliphatic rings. The van der Waals surface area contributed by atoms with Gasteiger partial charge in [0.05, 0.1) is 19.2 Å². The first-order valence-corrected chi connectivity index (χ1v) is 9.48. The third-order valence-corrected chi connectivity index (χ3v) is 4.17. The third kappa shape index (κ3) is 13.1. The van der Waals surface area contributed by atoms with E-state index in [2.05, 4.69) is 13.8 Å². The minimum Gasteiger partial charge on any atom is -0.465 e. The molecule has 0 aromatic rings. The Morgan fingerprint density at radius 3 is 1.86 bits per heavy atom. The molecule has 0 N–H and O–H groups in total. The largest absolute Gasteiger partial charge is 0.465 e. The van der Waals surface area contributed by atoms with Gasteiger partial charge in [-0.2, -0.15) is 0 Å². The number of unbranched alkanes of at least 4 members (excludes halogenated alkanes) is 8. The highest BCUT2D eigenvalue weighted by Crippen LogP contribution is 2.20. The van der Waals surface area contributed by atoms with Crippen LogP contribution in [-0.2, 0) is 9.53 Å². The number of hydrogen-bond acceptors (Lipinski definition) is 2. The topological polar surface area (TPSA) is 26.3 Å². The fourth-order valence-electron chi connectivity index (χ4n) is 2.71. The van der Waals surface area contributed by atoms with Crippen molar-refractivity contribution >= 4 is 5.97 Å². The Labute approximate surface area is 137 Å². The minimum absolute atomic E-state index is 0.0302. The monoisotopic (exact) mass is 316 g/mol. The van der Waals surface area contributed by atoms with Crippen LogP contribution in [0.4, 0.5) is 4.39 Å². The highest BCUT2D eigenvalue weighted by Gasteiger charge is 2.19. The van der Waals surface area contributed by atoms with E-state index in [1.165, 1.54) is 51.4 Å². The summed E-state index contributed by atoms with van der Waals surface area (Å²) in [6, 6.07) is 0. The van der Waals surface area contributed by atoms with Gasteiger partial charge in [-0.25, -0.2) is 0 Å². The van der Waals surface area contributed by atoms with Gasteiger partial charge in [0, 0.05) is 6.42 Å². The van der Waals surface area contributed by atoms with E-state index in [1.807, 2.05) is 0 Å². The lowest BCUT2D eigenvalue weighted by Gasteiger charge is -2.16. The van der Waals surface area contributed by atoms with E-state index < -0.39 is 6.67 Å². The van der Waals surface area contributed by atoms with Crippen LogP contribution in [0.5, 0.6) is 0 Å². The standard InChI is InChI=1S/C19H37FO2/c1-3-5-7-9-10-12-15-18(14-11-8-6-4-2)19(21)22-17-13-16-20/h18H,3-17H2,1-2H3. The second kappa shape index (κ2) is 16.8. The summed E-state index contributed by atoms with van der Waals surface area (Å²) in [6.45, 7) is 4.24. The number of ether oxygens (including phenoxy) is 1. The maximum atomic E-state index is 12.1. The molecule has 0 saturated carbocycles. The second-order valence-corrected chi connectivity index (χ2v) is 6.31. The predicted octanol–water partition coefficient (Wildman–Crippen LogP) is 6.23. The highest BCUT2D eigenvalue weighted by atomic mass is 19.1. The normalized spacial score (nSPS) is 12.3. The van der Waals surface area contributed by atoms with E-state index in [9.17, 15) is 9.18 Å². The summed E-state index contributed by atoms with van der Waals surface area (Å²) >= 11 is 0. The summed E-state index contributed by atoms with van der Waals surface area (Å²) in [7, 11) is 0. The Hall–Kier alpha value is -0.600. The lowest BCUT2D eigenvalue weighted by atomic mass is 9.94. The molecule has 1 unspecified atom stereocenters. The summed E-state index contributed by atoms with van der Waals surface area (Å²) < 4.78 is 17.3. The van der Waals surface area contributed by atoms with Crippen LogP contribution in [0, 0.1) is 5.92 Å². The quantitative estimate of drug-likeness (QED) is 0.249. The molecule has 0 radical (unpaired) electrons. The number of alkyl halides is 1. The third-order valence-electron chi connectivity index (χ3n) is 4.17. The fourth-order valence-corrected chi connectivity index (χ4v) is 2.71. The van der Waals surface area contributed by atoms with Gasteiger partial charge in [0.1, 0.15) is 0 Å². The molecule has 0 aliphatic carbocycles. The number of carbonyl (C=O) groups is 1. The van der Waals surface area contributed by atoms with E-state index >= 15 is 0 Å². The van der Waals surface area contributed by atoms with Gasteiger partial charge in [0.25, 0.3) is 0 Å². The van der Waals surface area contributed by atoms with E-state index in [1.54, 1.807) is 0 Å². The first-order chi connectivity index (χ1) is 10.8. The first kappa shape index (κ1) is 21.4. The molecule has 0 aliphatic heterocycles. The molecule has 0 spiro atoms. The molecule has 0 heterocycles. The Bertz CT molecular complexity index is 244. The molecule has 22 heavy (non-hydrogen) atoms. The molecule has 0 rings (SSSR count). The highest BCUT2D eigenvalue weighted by molar-refractivity contribution is 5.72. The van der Waals surface area contributed by atoms with Crippen LogP contribution in [-0.4, -0.2) is 19.3 Å². The van der Waals surface area contributed by atoms with Crippen LogP contribution >= 0.6 is 0 Å². The van der Waals surface area contributed by atoms with Crippen LogP contribution in [0.15, 0.2) is 0 Å². The van der Waals surface area contributed by atoms with Gasteiger partial charge in [-0.05, 0) is 12.8 Å². The van der Waals surface area contributed by atoms with E-state index in [0.29, 0.717) is 6.42 Å². The molecule has 3 heteroatoms. The lowest BCUT2D eigenvalue weighted by Crippen LogP contribution is -2.19. The van der Waals surface area contributed by atoms with Crippen LogP contribution in [0.2, 0.25) is 0 Å². The molecule has 132 valence electrons. The van der Waals surface area contributed by atoms with Crippen LogP contribution in [0.1, 0.15) is 97.3 Å². The second-order valence-electron chi connectivity index (χ2n) is 6.31. The smallest absolute Gasteiger partial charge is 0.308 e. The van der Waals surface area contributed by atoms with Crippen LogP contribution < -0.4 is 0 Å². The van der Waals surface area contributed by atoms with Gasteiger partial charge in [0.15, 0.2) is 0 Å². The maximum Gasteiger partial charge on any atom is 0.308 e. The Balaban J connectivity index is 3.95. The number of carbonyl (C=O) groups excluding carboxylic acids is 1. The van der Waals surface area contributed by atoms with Crippen molar-refractivity contribution in [3.05, 3.63) is 0 Å². The van der Waals surface area contributed by atoms with Crippen molar-refractivity contribution in [1.82, 2.24) is 0 Å². The molecule has 0 bridgehead atoms. The van der Waals surface area contributed by atoms with E-state index in [-0.39, 0.29) is 18.5 Å². The molecule has 0 aromatic heterocycles. The van der Waals surface area contributed by atoms with E-state index in [0.717, 1.165) is 25.7 Å². The predicted molar refractivity (Wildman–Crippen MR) is 91.8 cm³/mol. The number of halogens is 1. The first-order valence-electron chi connectivity index (χ1n) is 9.48. The molecule has 2 nitrogen and oxygen atoms in total. The average Bonchev–Trinajstić information content (AvgIpc) is 2.52. The maximum absolute atomic E-state index is 12.1. The summed E-state index contributed by atoms with van der Waals surface area (Å²) in [5.74, 6) is -0.0684. The number of hydrogen-bond donors (Lipinski definition) is 0. The van der Waals surface area contributed by atoms with Crippen molar-refractivity contribution in [2.45, 2.75) is 97.3 Å². The van der Waals surface area contributed by atoms with Crippen molar-refractivity contribution in [3.8, 4) is 0 Å². The lowest BCUT2D eigenvalue weighted by molar-refractivity contribution is -0.149. The van der Waals surface area contributed by atoms with Gasteiger partial charge >= 0.3 is 5.97 Å². The van der Waals surface area contributed by atoms with Gasteiger partial charge < -0.3 is 4.74 Å². The van der Waals surface area contributed by atoms with Crippen molar-refractivity contribution in [2.75, 3.05) is 13.3 Å². The van der Waals surface area contributed by atoms with Gasteiger partial charge in [-0.15, -0.1) is 0 Å². The van der Waals surface area contributed by atoms with Crippen molar-refractivity contribution in [2.24, 2.45) is 5.92 Å². The van der Waals surface area contributed by atoms with Crippen molar-refractivity contribution in [3.63, 3.8) is 0 Å². The van der Waals surface area contributed by atoms with Crippen molar-refractivity contribution in [1.29, 1.82) is 0 Å². The average molecular weight is 317 g/mol. The number of rotatable bonds is 16. The molecule has 1 atom stereocenters. The Morgan fingerprint density at radius 1 is 0.818 bits per heavy atom. The molecular formula is C19H37FO2. The fraction of sp³-hybridized carbons (Fsp3) is 0.947. The van der Waals surface area contributed by atoms with Crippen LogP contribution in [0.3, 0.4) is 0 Å². The van der Waals surface area contributed by atoms with Gasteiger partial charge in [-0.3, -0.25) is 9.18 Å². The molecule has 0 fully saturated rings. The zero-order chi connectivity index (χ0) is 16.5. The molecule has 0 amide bonds.